The third-order valence-corrected chi connectivity index (χ3v) is 5.43. The van der Waals surface area contributed by atoms with Crippen LogP contribution in [0.15, 0.2) is 0 Å². The summed E-state index contributed by atoms with van der Waals surface area (Å²) in [7, 11) is 0. The Kier molecular flexibility index (Phi) is 5.20. The van der Waals surface area contributed by atoms with Crippen molar-refractivity contribution in [1.82, 2.24) is 15.5 Å². The van der Waals surface area contributed by atoms with Crippen LogP contribution >= 0.6 is 0 Å². The van der Waals surface area contributed by atoms with Gasteiger partial charge in [-0.25, -0.2) is 4.79 Å². The van der Waals surface area contributed by atoms with E-state index < -0.39 is 12.0 Å². The summed E-state index contributed by atoms with van der Waals surface area (Å²) in [6.45, 7) is 1.24. The molecule has 8 nitrogen and oxygen atoms in total. The van der Waals surface area contributed by atoms with E-state index in [0.29, 0.717) is 38.4 Å². The third-order valence-electron chi connectivity index (χ3n) is 5.43. The summed E-state index contributed by atoms with van der Waals surface area (Å²) in [5.41, 5.74) is 0. The first-order valence-corrected chi connectivity index (χ1v) is 9.04. The Morgan fingerprint density at radius 3 is 2.17 bits per heavy atom. The number of likely N-dealkylation sites (tertiary alicyclic amines) is 1. The lowest BCUT2D eigenvalue weighted by molar-refractivity contribution is -0.497. The van der Waals surface area contributed by atoms with Gasteiger partial charge in [0.25, 0.3) is 0 Å². The van der Waals surface area contributed by atoms with E-state index in [1.165, 1.54) is 19.3 Å². The van der Waals surface area contributed by atoms with Crippen LogP contribution in [0.3, 0.4) is 0 Å². The van der Waals surface area contributed by atoms with Gasteiger partial charge in [0.2, 0.25) is 11.9 Å². The molecule has 24 heavy (non-hydrogen) atoms. The summed E-state index contributed by atoms with van der Waals surface area (Å²) in [6.07, 6.45) is 7.53. The molecular formula is C16H26N4O4. The van der Waals surface area contributed by atoms with Gasteiger partial charge in [-0.2, -0.15) is 0 Å². The average molecular weight is 338 g/mol. The molecule has 3 rings (SSSR count). The van der Waals surface area contributed by atoms with Crippen LogP contribution in [-0.2, 0) is 4.79 Å². The standard InChI is InChI=1S/C16H26N4O4/c21-15(13-10-14(13)20(23)24)17-12-6-8-19(9-7-12)16(22)18-11-4-2-1-3-5-11/h11-14H,1-10H2,(H,17,21)(H,18,22). The molecule has 8 heteroatoms. The molecule has 134 valence electrons. The number of piperidine rings is 1. The Balaban J connectivity index is 1.37. The number of nitrogens with one attached hydrogen (secondary N) is 2. The molecule has 2 aliphatic carbocycles. The molecule has 0 bridgehead atoms. The molecule has 1 saturated heterocycles. The molecule has 1 heterocycles. The molecule has 0 spiro atoms. The van der Waals surface area contributed by atoms with Gasteiger partial charge in [0.05, 0.1) is 0 Å². The Labute approximate surface area is 141 Å². The molecule has 2 unspecified atom stereocenters. The van der Waals surface area contributed by atoms with Crippen LogP contribution in [0, 0.1) is 16.0 Å². The summed E-state index contributed by atoms with van der Waals surface area (Å²) in [6, 6.07) is -0.379. The van der Waals surface area contributed by atoms with Crippen molar-refractivity contribution in [1.29, 1.82) is 0 Å². The minimum Gasteiger partial charge on any atom is -0.353 e. The molecule has 2 N–H and O–H groups in total. The summed E-state index contributed by atoms with van der Waals surface area (Å²) in [5.74, 6) is -0.672. The van der Waals surface area contributed by atoms with E-state index in [2.05, 4.69) is 10.6 Å². The van der Waals surface area contributed by atoms with Gasteiger partial charge in [-0.15, -0.1) is 0 Å². The average Bonchev–Trinajstić information content (AvgIpc) is 3.37. The van der Waals surface area contributed by atoms with Crippen molar-refractivity contribution in [2.75, 3.05) is 13.1 Å². The molecule has 3 amide bonds. The van der Waals surface area contributed by atoms with Crippen molar-refractivity contribution in [3.63, 3.8) is 0 Å². The molecule has 0 aromatic heterocycles. The summed E-state index contributed by atoms with van der Waals surface area (Å²) in [4.78, 5) is 36.3. The van der Waals surface area contributed by atoms with Gasteiger partial charge in [0, 0.05) is 36.5 Å². The molecule has 3 fully saturated rings. The fraction of sp³-hybridized carbons (Fsp3) is 0.875. The minimum absolute atomic E-state index is 0.00212. The van der Waals surface area contributed by atoms with Gasteiger partial charge in [-0.3, -0.25) is 14.9 Å². The van der Waals surface area contributed by atoms with Gasteiger partial charge in [0.15, 0.2) is 0 Å². The second kappa shape index (κ2) is 7.36. The van der Waals surface area contributed by atoms with E-state index >= 15 is 0 Å². The highest BCUT2D eigenvalue weighted by molar-refractivity contribution is 5.82. The van der Waals surface area contributed by atoms with E-state index in [1.54, 1.807) is 0 Å². The van der Waals surface area contributed by atoms with Gasteiger partial charge < -0.3 is 15.5 Å². The summed E-state index contributed by atoms with van der Waals surface area (Å²) >= 11 is 0. The van der Waals surface area contributed by atoms with Crippen molar-refractivity contribution in [2.24, 2.45) is 5.92 Å². The first kappa shape index (κ1) is 17.0. The molecule has 2 saturated carbocycles. The van der Waals surface area contributed by atoms with Gasteiger partial charge >= 0.3 is 6.03 Å². The number of hydrogen-bond acceptors (Lipinski definition) is 4. The van der Waals surface area contributed by atoms with E-state index in [0.717, 1.165) is 12.8 Å². The predicted octanol–water partition coefficient (Wildman–Crippen LogP) is 1.27. The van der Waals surface area contributed by atoms with Crippen LogP contribution in [0.25, 0.3) is 0 Å². The van der Waals surface area contributed by atoms with Crippen molar-refractivity contribution >= 4 is 11.9 Å². The molecule has 0 aromatic carbocycles. The van der Waals surface area contributed by atoms with Crippen LogP contribution in [-0.4, -0.2) is 53.0 Å². The number of hydrogen-bond donors (Lipinski definition) is 2. The summed E-state index contributed by atoms with van der Waals surface area (Å²) in [5, 5.41) is 16.6. The molecule has 3 aliphatic rings. The highest BCUT2D eigenvalue weighted by Gasteiger charge is 2.53. The van der Waals surface area contributed by atoms with Crippen molar-refractivity contribution in [3.05, 3.63) is 10.1 Å². The maximum absolute atomic E-state index is 12.3. The Bertz CT molecular complexity index is 498. The lowest BCUT2D eigenvalue weighted by Gasteiger charge is -2.34. The quantitative estimate of drug-likeness (QED) is 0.595. The minimum atomic E-state index is -0.702. The summed E-state index contributed by atoms with van der Waals surface area (Å²) < 4.78 is 0. The topological polar surface area (TPSA) is 105 Å². The highest BCUT2D eigenvalue weighted by Crippen LogP contribution is 2.33. The first-order chi connectivity index (χ1) is 11.5. The number of amides is 3. The van der Waals surface area contributed by atoms with Crippen LogP contribution in [0.4, 0.5) is 4.79 Å². The molecule has 2 atom stereocenters. The van der Waals surface area contributed by atoms with E-state index in [4.69, 9.17) is 0 Å². The second-order valence-electron chi connectivity index (χ2n) is 7.25. The maximum Gasteiger partial charge on any atom is 0.317 e. The zero-order valence-electron chi connectivity index (χ0n) is 13.9. The maximum atomic E-state index is 12.3. The van der Waals surface area contributed by atoms with Crippen molar-refractivity contribution in [3.8, 4) is 0 Å². The van der Waals surface area contributed by atoms with Crippen LogP contribution in [0.5, 0.6) is 0 Å². The zero-order chi connectivity index (χ0) is 17.1. The Hall–Kier alpha value is -1.86. The monoisotopic (exact) mass is 338 g/mol. The number of carbonyl (C=O) groups excluding carboxylic acids is 2. The fourth-order valence-corrected chi connectivity index (χ4v) is 3.74. The van der Waals surface area contributed by atoms with E-state index in [9.17, 15) is 19.7 Å². The number of carbonyl (C=O) groups is 2. The van der Waals surface area contributed by atoms with Crippen LogP contribution in [0.2, 0.25) is 0 Å². The first-order valence-electron chi connectivity index (χ1n) is 9.04. The van der Waals surface area contributed by atoms with E-state index in [1.807, 2.05) is 4.90 Å². The fourth-order valence-electron chi connectivity index (χ4n) is 3.74. The second-order valence-corrected chi connectivity index (χ2v) is 7.25. The predicted molar refractivity (Wildman–Crippen MR) is 87.0 cm³/mol. The zero-order valence-corrected chi connectivity index (χ0v) is 13.9. The smallest absolute Gasteiger partial charge is 0.317 e. The van der Waals surface area contributed by atoms with Crippen molar-refractivity contribution in [2.45, 2.75) is 69.5 Å². The number of urea groups is 1. The highest BCUT2D eigenvalue weighted by atomic mass is 16.6. The van der Waals surface area contributed by atoms with Gasteiger partial charge in [-0.05, 0) is 25.7 Å². The van der Waals surface area contributed by atoms with E-state index in [-0.39, 0.29) is 22.9 Å². The van der Waals surface area contributed by atoms with Crippen LogP contribution in [0.1, 0.15) is 51.4 Å². The van der Waals surface area contributed by atoms with Gasteiger partial charge in [0.1, 0.15) is 5.92 Å². The van der Waals surface area contributed by atoms with Gasteiger partial charge in [-0.1, -0.05) is 19.3 Å². The Morgan fingerprint density at radius 1 is 0.958 bits per heavy atom. The molecular weight excluding hydrogens is 312 g/mol. The lowest BCUT2D eigenvalue weighted by atomic mass is 9.95. The lowest BCUT2D eigenvalue weighted by Crippen LogP contribution is -2.51. The number of nitrogens with zero attached hydrogens (tertiary/aromatic N) is 2. The SMILES string of the molecule is O=C(NC1CCN(C(=O)NC2CCCCC2)CC1)C1CC1[N+](=O)[O-]. The third kappa shape index (κ3) is 4.15. The largest absolute Gasteiger partial charge is 0.353 e. The molecule has 1 aliphatic heterocycles. The van der Waals surface area contributed by atoms with Crippen LogP contribution < -0.4 is 10.6 Å². The normalized spacial score (nSPS) is 28.2. The number of rotatable bonds is 4. The Morgan fingerprint density at radius 2 is 1.58 bits per heavy atom. The molecule has 0 radical (unpaired) electrons. The van der Waals surface area contributed by atoms with Crippen molar-refractivity contribution < 1.29 is 14.5 Å². The number of nitro groups is 1. The molecule has 0 aromatic rings.